The molecule has 1 saturated heterocycles. The Labute approximate surface area is 413 Å². The van der Waals surface area contributed by atoms with Gasteiger partial charge in [-0.15, -0.1) is 0 Å². The van der Waals surface area contributed by atoms with Gasteiger partial charge in [0.05, 0.1) is 36.0 Å². The molecule has 1 heterocycles. The van der Waals surface area contributed by atoms with Crippen molar-refractivity contribution < 1.29 is 72.2 Å². The number of ketones is 1. The zero-order valence-electron chi connectivity index (χ0n) is 41.4. The fourth-order valence-corrected chi connectivity index (χ4v) is 11.3. The molecule has 11 atom stereocenters. The molecule has 1 aliphatic heterocycles. The predicted octanol–water partition coefficient (Wildman–Crippen LogP) is 5.02. The summed E-state index contributed by atoms with van der Waals surface area (Å²) in [6, 6.07) is 23.1. The molecule has 1 amide bonds. The molecule has 380 valence electrons. The zero-order chi connectivity index (χ0) is 51.6. The van der Waals surface area contributed by atoms with E-state index in [1.807, 2.05) is 18.7 Å². The van der Waals surface area contributed by atoms with Crippen LogP contribution in [0.25, 0.3) is 0 Å². The minimum absolute atomic E-state index is 0.0184. The summed E-state index contributed by atoms with van der Waals surface area (Å²) in [5.41, 5.74) is -7.23. The SMILES string of the molecule is CCN(CC)CCC(=O)OC(C(=O)O[C@H]1C[C@@]2(O)C(OC(=O)c3ccccc3)C3C4(OC(C)=O)COC4C[C@H](O)[C@@]3(C)C(=O)[C@H](OC(C)=O)C(=C1C)C2(C)C)C(NC(=O)c1ccccc1)c1ccccc1. The largest absolute Gasteiger partial charge is 0.455 e. The van der Waals surface area contributed by atoms with Gasteiger partial charge in [-0.3, -0.25) is 24.0 Å². The first-order valence-corrected chi connectivity index (χ1v) is 24.1. The minimum Gasteiger partial charge on any atom is -0.455 e. The molecule has 17 nitrogen and oxygen atoms in total. The Morgan fingerprint density at radius 1 is 0.831 bits per heavy atom. The minimum atomic E-state index is -2.44. The van der Waals surface area contributed by atoms with Crippen LogP contribution in [-0.2, 0) is 52.4 Å². The molecule has 6 unspecified atom stereocenters. The Morgan fingerprint density at radius 2 is 1.42 bits per heavy atom. The zero-order valence-corrected chi connectivity index (χ0v) is 41.4. The molecular weight excluding hydrogens is 917 g/mol. The second-order valence-corrected chi connectivity index (χ2v) is 19.6. The Kier molecular flexibility index (Phi) is 15.4. The number of fused-ring (bicyclic) bond motifs is 5. The topological polar surface area (TPSA) is 231 Å². The standard InChI is InChI=1S/C54H64N2O15/c1-9-56(10-2)27-26-40(60)69-44(42(34-20-14-11-15-21-34)55-48(62)35-22-16-12-17-23-35)50(64)68-37-29-54(65)47(70-49(63)36-24-18-13-19-25-36)45-52(8,38(59)28-39-53(45,30-66-39)71-33(5)58)46(61)43(67-32(4)57)41(31(37)3)51(54,6)7/h11-25,37-39,42-45,47,59,65H,9-10,26-30H2,1-8H3,(H,55,62)/t37-,38-,39?,42?,43+,44?,45?,47?,52+,53?,54+/m0/s1. The number of benzene rings is 3. The molecule has 2 bridgehead atoms. The lowest BCUT2D eigenvalue weighted by molar-refractivity contribution is -0.346. The van der Waals surface area contributed by atoms with Crippen molar-refractivity contribution in [1.82, 2.24) is 10.2 Å². The second kappa shape index (κ2) is 20.8. The number of ether oxygens (including phenoxy) is 6. The summed E-state index contributed by atoms with van der Waals surface area (Å²) >= 11 is 0. The third-order valence-corrected chi connectivity index (χ3v) is 15.2. The monoisotopic (exact) mass is 980 g/mol. The van der Waals surface area contributed by atoms with Crippen molar-refractivity contribution in [2.24, 2.45) is 16.7 Å². The number of carbonyl (C=O) groups excluding carboxylic acids is 7. The molecule has 3 aliphatic carbocycles. The number of Topliss-reactive ketones (excluding diaryl/α,β-unsaturated/α-hetero) is 1. The van der Waals surface area contributed by atoms with E-state index in [1.54, 1.807) is 92.7 Å². The van der Waals surface area contributed by atoms with Gasteiger partial charge in [-0.1, -0.05) is 94.4 Å². The quantitative estimate of drug-likeness (QED) is 0.0972. The third-order valence-electron chi connectivity index (χ3n) is 15.2. The van der Waals surface area contributed by atoms with Gasteiger partial charge >= 0.3 is 29.8 Å². The van der Waals surface area contributed by atoms with E-state index in [2.05, 4.69) is 5.32 Å². The highest BCUT2D eigenvalue weighted by atomic mass is 16.6. The van der Waals surface area contributed by atoms with E-state index in [-0.39, 0.29) is 41.7 Å². The average molecular weight is 981 g/mol. The Morgan fingerprint density at radius 3 is 1.97 bits per heavy atom. The maximum atomic E-state index is 15.7. The van der Waals surface area contributed by atoms with Gasteiger partial charge < -0.3 is 48.9 Å². The second-order valence-electron chi connectivity index (χ2n) is 19.6. The van der Waals surface area contributed by atoms with Crippen LogP contribution in [0, 0.1) is 16.7 Å². The summed E-state index contributed by atoms with van der Waals surface area (Å²) in [4.78, 5) is 102. The maximum absolute atomic E-state index is 15.7. The van der Waals surface area contributed by atoms with Crippen LogP contribution in [0.1, 0.15) is 107 Å². The lowest BCUT2D eigenvalue weighted by atomic mass is 9.44. The summed E-state index contributed by atoms with van der Waals surface area (Å²) in [6.07, 6.45) is -10.7. The molecular formula is C54H64N2O15. The number of amides is 1. The first-order valence-electron chi connectivity index (χ1n) is 24.1. The van der Waals surface area contributed by atoms with Gasteiger partial charge in [0.15, 0.2) is 17.5 Å². The van der Waals surface area contributed by atoms with Gasteiger partial charge in [0.25, 0.3) is 5.91 Å². The van der Waals surface area contributed by atoms with Crippen molar-refractivity contribution in [1.29, 1.82) is 0 Å². The van der Waals surface area contributed by atoms with E-state index < -0.39 is 119 Å². The van der Waals surface area contributed by atoms with Crippen molar-refractivity contribution in [2.45, 2.75) is 129 Å². The smallest absolute Gasteiger partial charge is 0.350 e. The van der Waals surface area contributed by atoms with Crippen LogP contribution in [0.2, 0.25) is 0 Å². The third kappa shape index (κ3) is 9.76. The van der Waals surface area contributed by atoms with Gasteiger partial charge in [0.1, 0.15) is 30.0 Å². The number of rotatable bonds is 16. The summed E-state index contributed by atoms with van der Waals surface area (Å²) in [7, 11) is 0. The summed E-state index contributed by atoms with van der Waals surface area (Å²) in [6.45, 7) is 13.4. The summed E-state index contributed by atoms with van der Waals surface area (Å²) in [5, 5.41) is 29.0. The fraction of sp³-hybridized carbons (Fsp3) is 0.500. The highest BCUT2D eigenvalue weighted by Gasteiger charge is 2.78. The number of hydrogen-bond acceptors (Lipinski definition) is 16. The number of nitrogens with zero attached hydrogens (tertiary/aromatic N) is 1. The summed E-state index contributed by atoms with van der Waals surface area (Å²) in [5.74, 6) is -7.65. The van der Waals surface area contributed by atoms with Crippen LogP contribution < -0.4 is 5.32 Å². The van der Waals surface area contributed by atoms with Crippen molar-refractivity contribution >= 4 is 41.5 Å². The van der Waals surface area contributed by atoms with E-state index >= 15 is 9.59 Å². The van der Waals surface area contributed by atoms with E-state index in [4.69, 9.17) is 28.4 Å². The number of hydrogen-bond donors (Lipinski definition) is 3. The highest BCUT2D eigenvalue weighted by Crippen LogP contribution is 2.64. The van der Waals surface area contributed by atoms with Crippen LogP contribution in [-0.4, -0.2) is 131 Å². The number of aliphatic hydroxyl groups is 2. The maximum Gasteiger partial charge on any atom is 0.350 e. The molecule has 0 aromatic heterocycles. The van der Waals surface area contributed by atoms with Gasteiger partial charge in [-0.25, -0.2) is 9.59 Å². The van der Waals surface area contributed by atoms with Gasteiger partial charge in [-0.05, 0) is 67.9 Å². The summed E-state index contributed by atoms with van der Waals surface area (Å²) < 4.78 is 37.0. The van der Waals surface area contributed by atoms with Crippen LogP contribution in [0.3, 0.4) is 0 Å². The van der Waals surface area contributed by atoms with Crippen LogP contribution in [0.15, 0.2) is 102 Å². The van der Waals surface area contributed by atoms with Crippen molar-refractivity contribution in [2.75, 3.05) is 26.2 Å². The lowest BCUT2D eigenvalue weighted by Gasteiger charge is -2.67. The molecule has 3 aromatic rings. The van der Waals surface area contributed by atoms with Crippen LogP contribution >= 0.6 is 0 Å². The molecule has 3 fully saturated rings. The Hall–Kier alpha value is -6.27. The van der Waals surface area contributed by atoms with E-state index in [0.717, 1.165) is 13.8 Å². The first kappa shape index (κ1) is 52.6. The molecule has 71 heavy (non-hydrogen) atoms. The molecule has 3 N–H and O–H groups in total. The van der Waals surface area contributed by atoms with E-state index in [9.17, 15) is 34.2 Å². The molecule has 17 heteroatoms. The molecule has 3 aromatic carbocycles. The molecule has 7 rings (SSSR count). The van der Waals surface area contributed by atoms with Crippen molar-refractivity contribution in [3.8, 4) is 0 Å². The number of aliphatic hydroxyl groups excluding tert-OH is 1. The van der Waals surface area contributed by atoms with E-state index in [0.29, 0.717) is 25.2 Å². The molecule has 4 aliphatic rings. The molecule has 0 spiro atoms. The predicted molar refractivity (Wildman–Crippen MR) is 254 cm³/mol. The fourth-order valence-electron chi connectivity index (χ4n) is 11.3. The Balaban J connectivity index is 1.41. The number of carbonyl (C=O) groups is 7. The molecule has 0 radical (unpaired) electrons. The van der Waals surface area contributed by atoms with Gasteiger partial charge in [0.2, 0.25) is 6.10 Å². The van der Waals surface area contributed by atoms with E-state index in [1.165, 1.54) is 26.0 Å². The first-order chi connectivity index (χ1) is 33.6. The van der Waals surface area contributed by atoms with Crippen molar-refractivity contribution in [3.63, 3.8) is 0 Å². The molecule has 2 saturated carbocycles. The lowest BCUT2D eigenvalue weighted by Crippen LogP contribution is -2.82. The number of esters is 5. The van der Waals surface area contributed by atoms with Crippen molar-refractivity contribution in [3.05, 3.63) is 119 Å². The Bertz CT molecular complexity index is 2530. The average Bonchev–Trinajstić information content (AvgIpc) is 3.34. The van der Waals surface area contributed by atoms with Crippen LogP contribution in [0.5, 0.6) is 0 Å². The van der Waals surface area contributed by atoms with Gasteiger partial charge in [-0.2, -0.15) is 0 Å². The highest BCUT2D eigenvalue weighted by molar-refractivity contribution is 5.96. The van der Waals surface area contributed by atoms with Gasteiger partial charge in [0, 0.05) is 44.2 Å². The number of nitrogens with one attached hydrogen (secondary N) is 1. The normalized spacial score (nSPS) is 29.3. The van der Waals surface area contributed by atoms with Crippen LogP contribution in [0.4, 0.5) is 0 Å².